The molecule has 0 fully saturated rings. The molecule has 2 rings (SSSR count). The van der Waals surface area contributed by atoms with Gasteiger partial charge in [0, 0.05) is 17.5 Å². The predicted molar refractivity (Wildman–Crippen MR) is 89.6 cm³/mol. The molecule has 0 aliphatic rings. The van der Waals surface area contributed by atoms with E-state index in [0.29, 0.717) is 11.4 Å². The standard InChI is InChI=1S/C17H18N2O2S/c18-17(21)15-10-8-14(22-15)9-11-16(20)19-12-4-7-13-5-2-1-3-6-13/h1-3,5-6,8-11H,4,7,12H2,(H2,18,21)(H,19,20)/b11-9+. The van der Waals surface area contributed by atoms with Crippen LogP contribution in [0.2, 0.25) is 0 Å². The summed E-state index contributed by atoms with van der Waals surface area (Å²) in [6.07, 6.45) is 4.99. The largest absolute Gasteiger partial charge is 0.365 e. The first-order valence-corrected chi connectivity index (χ1v) is 7.86. The third-order valence-electron chi connectivity index (χ3n) is 3.05. The lowest BCUT2D eigenvalue weighted by atomic mass is 10.1. The van der Waals surface area contributed by atoms with E-state index in [1.54, 1.807) is 18.2 Å². The van der Waals surface area contributed by atoms with Crippen molar-refractivity contribution in [2.75, 3.05) is 6.54 Å². The summed E-state index contributed by atoms with van der Waals surface area (Å²) >= 11 is 1.27. The number of primary amides is 1. The summed E-state index contributed by atoms with van der Waals surface area (Å²) in [5.41, 5.74) is 6.45. The number of aryl methyl sites for hydroxylation is 1. The maximum absolute atomic E-state index is 11.7. The van der Waals surface area contributed by atoms with Crippen molar-refractivity contribution < 1.29 is 9.59 Å². The van der Waals surface area contributed by atoms with Gasteiger partial charge in [0.15, 0.2) is 0 Å². The van der Waals surface area contributed by atoms with Crippen molar-refractivity contribution in [3.63, 3.8) is 0 Å². The fourth-order valence-electron chi connectivity index (χ4n) is 1.94. The predicted octanol–water partition coefficient (Wildman–Crippen LogP) is 2.61. The third kappa shape index (κ3) is 5.18. The minimum atomic E-state index is -0.449. The summed E-state index contributed by atoms with van der Waals surface area (Å²) in [6, 6.07) is 13.6. The number of rotatable bonds is 7. The molecule has 1 aromatic heterocycles. The van der Waals surface area contributed by atoms with Crippen LogP contribution < -0.4 is 11.1 Å². The van der Waals surface area contributed by atoms with Gasteiger partial charge in [-0.15, -0.1) is 11.3 Å². The zero-order valence-electron chi connectivity index (χ0n) is 12.1. The van der Waals surface area contributed by atoms with Gasteiger partial charge in [-0.05, 0) is 36.6 Å². The molecule has 0 atom stereocenters. The second-order valence-electron chi connectivity index (χ2n) is 4.78. The van der Waals surface area contributed by atoms with Gasteiger partial charge >= 0.3 is 0 Å². The van der Waals surface area contributed by atoms with Gasteiger partial charge < -0.3 is 11.1 Å². The van der Waals surface area contributed by atoms with Gasteiger partial charge in [0.05, 0.1) is 4.88 Å². The van der Waals surface area contributed by atoms with E-state index < -0.39 is 5.91 Å². The number of benzene rings is 1. The van der Waals surface area contributed by atoms with Crippen molar-refractivity contribution in [1.29, 1.82) is 0 Å². The highest BCUT2D eigenvalue weighted by Gasteiger charge is 2.03. The zero-order chi connectivity index (χ0) is 15.8. The number of hydrogen-bond acceptors (Lipinski definition) is 3. The lowest BCUT2D eigenvalue weighted by molar-refractivity contribution is -0.116. The van der Waals surface area contributed by atoms with Crippen LogP contribution in [0.5, 0.6) is 0 Å². The lowest BCUT2D eigenvalue weighted by Crippen LogP contribution is -2.22. The van der Waals surface area contributed by atoms with Gasteiger partial charge in [-0.25, -0.2) is 0 Å². The van der Waals surface area contributed by atoms with E-state index in [1.165, 1.54) is 23.0 Å². The Labute approximate surface area is 133 Å². The lowest BCUT2D eigenvalue weighted by Gasteiger charge is -2.02. The number of nitrogens with one attached hydrogen (secondary N) is 1. The van der Waals surface area contributed by atoms with Crippen molar-refractivity contribution in [2.24, 2.45) is 5.73 Å². The van der Waals surface area contributed by atoms with Gasteiger partial charge in [0.25, 0.3) is 5.91 Å². The molecule has 5 heteroatoms. The van der Waals surface area contributed by atoms with Crippen molar-refractivity contribution in [3.05, 3.63) is 63.9 Å². The van der Waals surface area contributed by atoms with Crippen LogP contribution in [-0.4, -0.2) is 18.4 Å². The van der Waals surface area contributed by atoms with Crippen molar-refractivity contribution in [2.45, 2.75) is 12.8 Å². The highest BCUT2D eigenvalue weighted by atomic mass is 32.1. The van der Waals surface area contributed by atoms with Crippen LogP contribution in [0, 0.1) is 0 Å². The maximum atomic E-state index is 11.7. The van der Waals surface area contributed by atoms with Crippen molar-refractivity contribution in [3.8, 4) is 0 Å². The Morgan fingerprint density at radius 3 is 2.59 bits per heavy atom. The molecule has 0 radical (unpaired) electrons. The van der Waals surface area contributed by atoms with Gasteiger partial charge in [-0.1, -0.05) is 30.3 Å². The molecule has 2 aromatic rings. The Kier molecular flexibility index (Phi) is 5.91. The normalized spacial score (nSPS) is 10.7. The first kappa shape index (κ1) is 16.0. The number of carbonyl (C=O) groups is 2. The van der Waals surface area contributed by atoms with E-state index in [0.717, 1.165) is 17.7 Å². The zero-order valence-corrected chi connectivity index (χ0v) is 12.9. The van der Waals surface area contributed by atoms with Crippen LogP contribution in [0.3, 0.4) is 0 Å². The third-order valence-corrected chi connectivity index (χ3v) is 4.12. The van der Waals surface area contributed by atoms with E-state index >= 15 is 0 Å². The van der Waals surface area contributed by atoms with Gasteiger partial charge in [-0.2, -0.15) is 0 Å². The van der Waals surface area contributed by atoms with Crippen LogP contribution in [0.1, 0.15) is 26.5 Å². The first-order chi connectivity index (χ1) is 10.6. The second kappa shape index (κ2) is 8.14. The average Bonchev–Trinajstić information content (AvgIpc) is 3.00. The average molecular weight is 314 g/mol. The van der Waals surface area contributed by atoms with E-state index in [4.69, 9.17) is 5.73 Å². The van der Waals surface area contributed by atoms with E-state index in [9.17, 15) is 9.59 Å². The molecule has 0 spiro atoms. The SMILES string of the molecule is NC(=O)c1ccc(/C=C/C(=O)NCCCc2ccccc2)s1. The highest BCUT2D eigenvalue weighted by molar-refractivity contribution is 7.14. The van der Waals surface area contributed by atoms with Crippen LogP contribution in [0.4, 0.5) is 0 Å². The topological polar surface area (TPSA) is 72.2 Å². The van der Waals surface area contributed by atoms with Crippen molar-refractivity contribution in [1.82, 2.24) is 5.32 Å². The fourth-order valence-corrected chi connectivity index (χ4v) is 2.70. The molecule has 22 heavy (non-hydrogen) atoms. The quantitative estimate of drug-likeness (QED) is 0.609. The molecular weight excluding hydrogens is 296 g/mol. The Balaban J connectivity index is 1.71. The summed E-state index contributed by atoms with van der Waals surface area (Å²) < 4.78 is 0. The molecule has 4 nitrogen and oxygen atoms in total. The molecule has 0 unspecified atom stereocenters. The molecular formula is C17H18N2O2S. The Morgan fingerprint density at radius 2 is 1.91 bits per heavy atom. The summed E-state index contributed by atoms with van der Waals surface area (Å²) in [7, 11) is 0. The molecule has 114 valence electrons. The smallest absolute Gasteiger partial charge is 0.258 e. The number of carbonyl (C=O) groups excluding carboxylic acids is 2. The van der Waals surface area contributed by atoms with Gasteiger partial charge in [0.2, 0.25) is 5.91 Å². The van der Waals surface area contributed by atoms with E-state index in [1.807, 2.05) is 18.2 Å². The van der Waals surface area contributed by atoms with Gasteiger partial charge in [0.1, 0.15) is 0 Å². The van der Waals surface area contributed by atoms with E-state index in [-0.39, 0.29) is 5.91 Å². The molecule has 0 bridgehead atoms. The minimum absolute atomic E-state index is 0.137. The molecule has 1 aromatic carbocycles. The molecule has 2 amide bonds. The fraction of sp³-hybridized carbons (Fsp3) is 0.176. The Morgan fingerprint density at radius 1 is 1.14 bits per heavy atom. The first-order valence-electron chi connectivity index (χ1n) is 7.04. The maximum Gasteiger partial charge on any atom is 0.258 e. The summed E-state index contributed by atoms with van der Waals surface area (Å²) in [6.45, 7) is 0.634. The highest BCUT2D eigenvalue weighted by Crippen LogP contribution is 2.17. The number of amides is 2. The van der Waals surface area contributed by atoms with Gasteiger partial charge in [-0.3, -0.25) is 9.59 Å². The number of hydrogen-bond donors (Lipinski definition) is 2. The van der Waals surface area contributed by atoms with Crippen LogP contribution >= 0.6 is 11.3 Å². The number of thiophene rings is 1. The Hall–Kier alpha value is -2.40. The molecule has 3 N–H and O–H groups in total. The molecule has 0 saturated heterocycles. The number of nitrogens with two attached hydrogens (primary N) is 1. The Bertz CT molecular complexity index is 662. The van der Waals surface area contributed by atoms with Crippen molar-refractivity contribution >= 4 is 29.2 Å². The van der Waals surface area contributed by atoms with E-state index in [2.05, 4.69) is 17.4 Å². The molecule has 1 heterocycles. The monoisotopic (exact) mass is 314 g/mol. The summed E-state index contributed by atoms with van der Waals surface area (Å²) in [5.74, 6) is -0.586. The molecule has 0 saturated carbocycles. The minimum Gasteiger partial charge on any atom is -0.365 e. The molecule has 0 aliphatic heterocycles. The second-order valence-corrected chi connectivity index (χ2v) is 5.90. The summed E-state index contributed by atoms with van der Waals surface area (Å²) in [4.78, 5) is 24.0. The summed E-state index contributed by atoms with van der Waals surface area (Å²) in [5, 5.41) is 2.84. The molecule has 0 aliphatic carbocycles. The van der Waals surface area contributed by atoms with Crippen LogP contribution in [0.15, 0.2) is 48.5 Å². The van der Waals surface area contributed by atoms with Crippen LogP contribution in [0.25, 0.3) is 6.08 Å². The van der Waals surface area contributed by atoms with Crippen LogP contribution in [-0.2, 0) is 11.2 Å².